The van der Waals surface area contributed by atoms with E-state index in [9.17, 15) is 25.5 Å². The van der Waals surface area contributed by atoms with Gasteiger partial charge in [-0.05, 0) is 18.8 Å². The van der Waals surface area contributed by atoms with E-state index in [1.165, 1.54) is 148 Å². The molecule has 0 amide bonds. The smallest absolute Gasteiger partial charge is 0.0520 e. The van der Waals surface area contributed by atoms with Crippen LogP contribution in [0.2, 0.25) is 0 Å². The average molecular weight is 613 g/mol. The maximum atomic E-state index is 10.6. The third-order valence-corrected chi connectivity index (χ3v) is 11.2. The highest BCUT2D eigenvalue weighted by molar-refractivity contribution is 5.01. The Balaban J connectivity index is 2.60. The van der Waals surface area contributed by atoms with Gasteiger partial charge in [0, 0.05) is 17.4 Å². The Bertz CT molecular complexity index is 575. The first kappa shape index (κ1) is 40.8. The molecule has 0 aromatic rings. The molecule has 0 heterocycles. The predicted molar refractivity (Wildman–Crippen MR) is 182 cm³/mol. The van der Waals surface area contributed by atoms with Gasteiger partial charge in [0.15, 0.2) is 0 Å². The first-order valence-electron chi connectivity index (χ1n) is 19.2. The molecular formula is C38H76O5. The maximum Gasteiger partial charge on any atom is 0.0520 e. The summed E-state index contributed by atoms with van der Waals surface area (Å²) in [5, 5.41) is 52.6. The Kier molecular flexibility index (Phi) is 26.6. The van der Waals surface area contributed by atoms with E-state index in [2.05, 4.69) is 0 Å². The molecule has 1 saturated carbocycles. The molecule has 1 rings (SSSR count). The molecule has 43 heavy (non-hydrogen) atoms. The molecule has 1 aliphatic carbocycles. The third kappa shape index (κ3) is 16.8. The lowest BCUT2D eigenvalue weighted by Gasteiger charge is -2.51. The summed E-state index contributed by atoms with van der Waals surface area (Å²) in [4.78, 5) is 0. The van der Waals surface area contributed by atoms with Crippen LogP contribution in [0.5, 0.6) is 0 Å². The summed E-state index contributed by atoms with van der Waals surface area (Å²) in [5.41, 5.74) is -2.09. The van der Waals surface area contributed by atoms with Gasteiger partial charge in [0.25, 0.3) is 0 Å². The molecule has 0 aromatic heterocycles. The van der Waals surface area contributed by atoms with Crippen molar-refractivity contribution in [3.63, 3.8) is 0 Å². The van der Waals surface area contributed by atoms with E-state index in [1.54, 1.807) is 0 Å². The highest BCUT2D eigenvalue weighted by Gasteiger charge is 2.53. The highest BCUT2D eigenvalue weighted by Crippen LogP contribution is 2.49. The molecule has 0 aliphatic heterocycles. The van der Waals surface area contributed by atoms with Crippen molar-refractivity contribution in [3.05, 3.63) is 0 Å². The van der Waals surface area contributed by atoms with Crippen LogP contribution in [-0.2, 0) is 0 Å². The van der Waals surface area contributed by atoms with Crippen molar-refractivity contribution >= 4 is 0 Å². The largest absolute Gasteiger partial charge is 0.396 e. The zero-order valence-corrected chi connectivity index (χ0v) is 28.6. The van der Waals surface area contributed by atoms with Crippen molar-refractivity contribution in [2.24, 2.45) is 16.7 Å². The summed E-state index contributed by atoms with van der Waals surface area (Å²) < 4.78 is 0. The van der Waals surface area contributed by atoms with Gasteiger partial charge in [0.05, 0.1) is 26.4 Å². The quantitative estimate of drug-likeness (QED) is 0.213. The summed E-state index contributed by atoms with van der Waals surface area (Å²) in [7, 11) is 0. The lowest BCUT2D eigenvalue weighted by molar-refractivity contribution is -0.159. The van der Waals surface area contributed by atoms with Gasteiger partial charge in [-0.2, -0.15) is 0 Å². The van der Waals surface area contributed by atoms with Crippen molar-refractivity contribution < 1.29 is 25.5 Å². The van der Waals surface area contributed by atoms with Gasteiger partial charge in [0.2, 0.25) is 0 Å². The molecule has 5 N–H and O–H groups in total. The molecule has 5 nitrogen and oxygen atoms in total. The Morgan fingerprint density at radius 2 is 0.581 bits per heavy atom. The minimum atomic E-state index is -1.09. The van der Waals surface area contributed by atoms with Crippen LogP contribution in [0.15, 0.2) is 0 Å². The number of rotatable bonds is 5. The van der Waals surface area contributed by atoms with Gasteiger partial charge in [0.1, 0.15) is 0 Å². The first-order valence-corrected chi connectivity index (χ1v) is 19.2. The number of hydrogen-bond donors (Lipinski definition) is 5. The molecule has 1 aliphatic rings. The summed E-state index contributed by atoms with van der Waals surface area (Å²) >= 11 is 0. The molecule has 0 saturated heterocycles. The predicted octanol–water partition coefficient (Wildman–Crippen LogP) is 9.25. The second-order valence-electron chi connectivity index (χ2n) is 14.4. The summed E-state index contributed by atoms with van der Waals surface area (Å²) in [6, 6.07) is 0. The topological polar surface area (TPSA) is 101 Å². The average Bonchev–Trinajstić information content (AvgIpc) is 3.03. The summed E-state index contributed by atoms with van der Waals surface area (Å²) in [6.07, 6.45) is 37.6. The van der Waals surface area contributed by atoms with Gasteiger partial charge in [-0.3, -0.25) is 0 Å². The maximum absolute atomic E-state index is 10.6. The number of aliphatic hydroxyl groups excluding tert-OH is 5. The van der Waals surface area contributed by atoms with E-state index in [-0.39, 0.29) is 39.0 Å². The van der Waals surface area contributed by atoms with Crippen LogP contribution in [0.4, 0.5) is 0 Å². The molecule has 258 valence electrons. The molecule has 0 aromatic carbocycles. The van der Waals surface area contributed by atoms with Crippen molar-refractivity contribution in [1.82, 2.24) is 0 Å². The molecule has 0 spiro atoms. The van der Waals surface area contributed by atoms with E-state index >= 15 is 0 Å². The van der Waals surface area contributed by atoms with Crippen molar-refractivity contribution in [2.45, 2.75) is 193 Å². The van der Waals surface area contributed by atoms with Gasteiger partial charge < -0.3 is 25.5 Å². The number of hydrogen-bond acceptors (Lipinski definition) is 5. The zero-order chi connectivity index (χ0) is 31.3. The Labute approximate surface area is 267 Å². The fraction of sp³-hybridized carbons (Fsp3) is 1.00. The van der Waals surface area contributed by atoms with Gasteiger partial charge in [-0.1, -0.05) is 180 Å². The molecule has 0 bridgehead atoms. The van der Waals surface area contributed by atoms with Crippen LogP contribution in [0.25, 0.3) is 0 Å². The Morgan fingerprint density at radius 1 is 0.326 bits per heavy atom. The standard InChI is InChI=1S/C38H76O5/c39-31-36-29-27-25-23-21-19-17-15-13-11-9-7-5-3-1-2-4-6-8-10-12-14-16-18-20-22-24-26-28-30-37(32-40,33-41)38(36,34-42)35-43/h36,39-43H,1-35H2. The number of aliphatic hydroxyl groups is 5. The van der Waals surface area contributed by atoms with E-state index < -0.39 is 10.8 Å². The minimum absolute atomic E-state index is 0.150. The van der Waals surface area contributed by atoms with Crippen LogP contribution in [0.1, 0.15) is 193 Å². The SMILES string of the molecule is OCC1CCCCCCCCCCCCCCCCCCCCCCCCCCCCCCC(CO)(CO)C1(CO)CO. The van der Waals surface area contributed by atoms with E-state index in [0.717, 1.165) is 32.1 Å². The van der Waals surface area contributed by atoms with Crippen LogP contribution >= 0.6 is 0 Å². The lowest BCUT2D eigenvalue weighted by Crippen LogP contribution is -2.57. The van der Waals surface area contributed by atoms with Crippen molar-refractivity contribution in [1.29, 1.82) is 0 Å². The Hall–Kier alpha value is -0.200. The Morgan fingerprint density at radius 3 is 0.814 bits per heavy atom. The second-order valence-corrected chi connectivity index (χ2v) is 14.4. The van der Waals surface area contributed by atoms with Crippen LogP contribution < -0.4 is 0 Å². The monoisotopic (exact) mass is 613 g/mol. The molecule has 1 fully saturated rings. The molecule has 0 radical (unpaired) electrons. The summed E-state index contributed by atoms with van der Waals surface area (Å²) in [6.45, 7) is -1.41. The van der Waals surface area contributed by atoms with Gasteiger partial charge >= 0.3 is 0 Å². The fourth-order valence-electron chi connectivity index (χ4n) is 7.84. The van der Waals surface area contributed by atoms with Gasteiger partial charge in [-0.25, -0.2) is 0 Å². The zero-order valence-electron chi connectivity index (χ0n) is 28.6. The van der Waals surface area contributed by atoms with Crippen LogP contribution in [-0.4, -0.2) is 58.6 Å². The van der Waals surface area contributed by atoms with Crippen LogP contribution in [0.3, 0.4) is 0 Å². The van der Waals surface area contributed by atoms with E-state index in [0.29, 0.717) is 12.8 Å². The van der Waals surface area contributed by atoms with Crippen molar-refractivity contribution in [2.75, 3.05) is 33.0 Å². The molecular weight excluding hydrogens is 536 g/mol. The van der Waals surface area contributed by atoms with E-state index in [4.69, 9.17) is 0 Å². The fourth-order valence-corrected chi connectivity index (χ4v) is 7.84. The van der Waals surface area contributed by atoms with E-state index in [1.807, 2.05) is 0 Å². The lowest BCUT2D eigenvalue weighted by atomic mass is 9.55. The first-order chi connectivity index (χ1) is 21.2. The third-order valence-electron chi connectivity index (χ3n) is 11.2. The normalized spacial score (nSPS) is 25.5. The molecule has 1 atom stereocenters. The highest BCUT2D eigenvalue weighted by atomic mass is 16.3. The molecule has 5 heteroatoms. The summed E-state index contributed by atoms with van der Waals surface area (Å²) in [5.74, 6) is -0.347. The second kappa shape index (κ2) is 28.1. The van der Waals surface area contributed by atoms with Gasteiger partial charge in [-0.15, -0.1) is 0 Å². The van der Waals surface area contributed by atoms with Crippen molar-refractivity contribution in [3.8, 4) is 0 Å². The van der Waals surface area contributed by atoms with Crippen LogP contribution in [0, 0.1) is 16.7 Å². The molecule has 1 unspecified atom stereocenters. The minimum Gasteiger partial charge on any atom is -0.396 e.